The van der Waals surface area contributed by atoms with Crippen LogP contribution in [0.5, 0.6) is 0 Å². The molecule has 1 aromatic rings. The molecule has 0 unspecified atom stereocenters. The summed E-state index contributed by atoms with van der Waals surface area (Å²) in [5.41, 5.74) is 0.0989. The number of carbonyl (C=O) groups excluding carboxylic acids is 3. The van der Waals surface area contributed by atoms with Gasteiger partial charge in [0, 0.05) is 37.6 Å². The van der Waals surface area contributed by atoms with Crippen LogP contribution in [-0.2, 0) is 9.59 Å². The van der Waals surface area contributed by atoms with Crippen LogP contribution in [0.15, 0.2) is 24.3 Å². The third kappa shape index (κ3) is 3.36. The zero-order valence-corrected chi connectivity index (χ0v) is 15.6. The molecule has 1 N–H and O–H groups in total. The molecule has 1 spiro atoms. The van der Waals surface area contributed by atoms with Gasteiger partial charge in [0.15, 0.2) is 0 Å². The van der Waals surface area contributed by atoms with E-state index < -0.39 is 11.6 Å². The van der Waals surface area contributed by atoms with E-state index in [1.54, 1.807) is 28.8 Å². The lowest BCUT2D eigenvalue weighted by Crippen LogP contribution is -2.52. The Labute approximate surface area is 160 Å². The summed E-state index contributed by atoms with van der Waals surface area (Å²) in [5, 5.41) is 2.78. The molecule has 3 saturated heterocycles. The quantitative estimate of drug-likeness (QED) is 0.774. The standard InChI is InChI=1S/C18H21FN4O3S/c19-13-1-3-14(4-2-13)21-6-8-22(9-7-21)15(24)11-23-16(25)18(20-17(23)26)5-10-27-12-18/h1-4H,5-12H2,(H,20,26)/t18-/m1/s1. The van der Waals surface area contributed by atoms with Gasteiger partial charge in [0.1, 0.15) is 17.9 Å². The SMILES string of the molecule is O=C(CN1C(=O)N[C@@]2(CCSC2)C1=O)N1CCN(c2ccc(F)cc2)CC1. The number of hydrogen-bond donors (Lipinski definition) is 1. The first-order valence-corrected chi connectivity index (χ1v) is 10.1. The minimum Gasteiger partial charge on any atom is -0.368 e. The number of nitrogens with zero attached hydrogens (tertiary/aromatic N) is 3. The molecule has 3 fully saturated rings. The van der Waals surface area contributed by atoms with Gasteiger partial charge in [-0.05, 0) is 36.4 Å². The van der Waals surface area contributed by atoms with Gasteiger partial charge in [-0.2, -0.15) is 11.8 Å². The van der Waals surface area contributed by atoms with Crippen LogP contribution in [0.1, 0.15) is 6.42 Å². The van der Waals surface area contributed by atoms with Gasteiger partial charge in [-0.15, -0.1) is 0 Å². The maximum Gasteiger partial charge on any atom is 0.325 e. The zero-order chi connectivity index (χ0) is 19.0. The van der Waals surface area contributed by atoms with Gasteiger partial charge in [-0.3, -0.25) is 14.5 Å². The van der Waals surface area contributed by atoms with Crippen LogP contribution in [0.2, 0.25) is 0 Å². The first-order valence-electron chi connectivity index (χ1n) is 8.99. The van der Waals surface area contributed by atoms with Crippen molar-refractivity contribution in [2.45, 2.75) is 12.0 Å². The van der Waals surface area contributed by atoms with E-state index in [2.05, 4.69) is 10.2 Å². The molecular weight excluding hydrogens is 371 g/mol. The van der Waals surface area contributed by atoms with Crippen molar-refractivity contribution in [2.75, 3.05) is 49.1 Å². The predicted molar refractivity (Wildman–Crippen MR) is 100 cm³/mol. The van der Waals surface area contributed by atoms with Crippen LogP contribution in [0.25, 0.3) is 0 Å². The second kappa shape index (κ2) is 7.03. The largest absolute Gasteiger partial charge is 0.368 e. The predicted octanol–water partition coefficient (Wildman–Crippen LogP) is 0.902. The van der Waals surface area contributed by atoms with Gasteiger partial charge in [-0.1, -0.05) is 0 Å². The van der Waals surface area contributed by atoms with E-state index in [4.69, 9.17) is 0 Å². The average molecular weight is 392 g/mol. The van der Waals surface area contributed by atoms with E-state index in [-0.39, 0.29) is 24.2 Å². The second-order valence-corrected chi connectivity index (χ2v) is 8.16. The first kappa shape index (κ1) is 18.1. The fraction of sp³-hybridized carbons (Fsp3) is 0.500. The lowest BCUT2D eigenvalue weighted by atomic mass is 9.99. The molecule has 0 aliphatic carbocycles. The number of urea groups is 1. The molecule has 3 aliphatic heterocycles. The van der Waals surface area contributed by atoms with Crippen LogP contribution in [-0.4, -0.2) is 77.4 Å². The molecule has 1 aromatic carbocycles. The van der Waals surface area contributed by atoms with Gasteiger partial charge < -0.3 is 15.1 Å². The van der Waals surface area contributed by atoms with Gasteiger partial charge >= 0.3 is 6.03 Å². The molecule has 144 valence electrons. The first-order chi connectivity index (χ1) is 13.0. The molecule has 3 aliphatic rings. The summed E-state index contributed by atoms with van der Waals surface area (Å²) in [6, 6.07) is 5.81. The normalized spacial score (nSPS) is 25.4. The molecule has 0 saturated carbocycles. The van der Waals surface area contributed by atoms with Crippen molar-refractivity contribution >= 4 is 35.3 Å². The number of thioether (sulfide) groups is 1. The average Bonchev–Trinajstić information content (AvgIpc) is 3.23. The van der Waals surface area contributed by atoms with Crippen molar-refractivity contribution in [1.29, 1.82) is 0 Å². The molecular formula is C18H21FN4O3S. The number of anilines is 1. The Hall–Kier alpha value is -2.29. The van der Waals surface area contributed by atoms with Crippen molar-refractivity contribution in [3.63, 3.8) is 0 Å². The van der Waals surface area contributed by atoms with Crippen LogP contribution >= 0.6 is 11.8 Å². The Morgan fingerprint density at radius 1 is 1.15 bits per heavy atom. The van der Waals surface area contributed by atoms with Crippen molar-refractivity contribution in [3.8, 4) is 0 Å². The smallest absolute Gasteiger partial charge is 0.325 e. The summed E-state index contributed by atoms with van der Waals surface area (Å²) >= 11 is 1.64. The topological polar surface area (TPSA) is 73.0 Å². The van der Waals surface area contributed by atoms with Gasteiger partial charge in [0.05, 0.1) is 0 Å². The molecule has 4 rings (SSSR count). The number of imide groups is 1. The molecule has 27 heavy (non-hydrogen) atoms. The highest BCUT2D eigenvalue weighted by Crippen LogP contribution is 2.33. The van der Waals surface area contributed by atoms with E-state index in [9.17, 15) is 18.8 Å². The minimum absolute atomic E-state index is 0.215. The zero-order valence-electron chi connectivity index (χ0n) is 14.8. The van der Waals surface area contributed by atoms with E-state index in [0.717, 1.165) is 16.3 Å². The van der Waals surface area contributed by atoms with Gasteiger partial charge in [-0.25, -0.2) is 9.18 Å². The molecule has 3 heterocycles. The summed E-state index contributed by atoms with van der Waals surface area (Å²) in [6.07, 6.45) is 0.614. The molecule has 0 radical (unpaired) electrons. The number of hydrogen-bond acceptors (Lipinski definition) is 5. The Bertz CT molecular complexity index is 758. The van der Waals surface area contributed by atoms with Crippen molar-refractivity contribution < 1.29 is 18.8 Å². The van der Waals surface area contributed by atoms with Gasteiger partial charge in [0.25, 0.3) is 5.91 Å². The lowest BCUT2D eigenvalue weighted by Gasteiger charge is -2.36. The lowest BCUT2D eigenvalue weighted by molar-refractivity contribution is -0.138. The Balaban J connectivity index is 1.34. The Morgan fingerprint density at radius 3 is 2.48 bits per heavy atom. The minimum atomic E-state index is -0.816. The number of nitrogens with one attached hydrogen (secondary N) is 1. The highest BCUT2D eigenvalue weighted by Gasteiger charge is 2.53. The molecule has 9 heteroatoms. The van der Waals surface area contributed by atoms with Crippen LogP contribution < -0.4 is 10.2 Å². The molecule has 0 bridgehead atoms. The van der Waals surface area contributed by atoms with E-state index >= 15 is 0 Å². The van der Waals surface area contributed by atoms with Crippen LogP contribution in [0, 0.1) is 5.82 Å². The maximum atomic E-state index is 13.1. The summed E-state index contributed by atoms with van der Waals surface area (Å²) in [5.74, 6) is 0.618. The number of piperazine rings is 1. The Morgan fingerprint density at radius 2 is 1.85 bits per heavy atom. The molecule has 0 aromatic heterocycles. The summed E-state index contributed by atoms with van der Waals surface area (Å²) < 4.78 is 13.1. The fourth-order valence-electron chi connectivity index (χ4n) is 3.75. The summed E-state index contributed by atoms with van der Waals surface area (Å²) in [6.45, 7) is 2.03. The molecule has 1 atom stereocenters. The van der Waals surface area contributed by atoms with Crippen LogP contribution in [0.3, 0.4) is 0 Å². The number of halogens is 1. The van der Waals surface area contributed by atoms with Crippen molar-refractivity contribution in [1.82, 2.24) is 15.1 Å². The van der Waals surface area contributed by atoms with E-state index in [1.165, 1.54) is 12.1 Å². The number of carbonyl (C=O) groups is 3. The summed E-state index contributed by atoms with van der Waals surface area (Å²) in [7, 11) is 0. The molecule has 4 amide bonds. The van der Waals surface area contributed by atoms with Crippen LogP contribution in [0.4, 0.5) is 14.9 Å². The number of benzene rings is 1. The molecule has 7 nitrogen and oxygen atoms in total. The number of rotatable bonds is 3. The summed E-state index contributed by atoms with van der Waals surface area (Å²) in [4.78, 5) is 42.3. The van der Waals surface area contributed by atoms with Gasteiger partial charge in [0.2, 0.25) is 5.91 Å². The second-order valence-electron chi connectivity index (χ2n) is 7.05. The fourth-order valence-corrected chi connectivity index (χ4v) is 5.08. The Kier molecular flexibility index (Phi) is 4.71. The maximum absolute atomic E-state index is 13.1. The van der Waals surface area contributed by atoms with E-state index in [1.807, 2.05) is 0 Å². The third-order valence-electron chi connectivity index (χ3n) is 5.39. The third-order valence-corrected chi connectivity index (χ3v) is 6.57. The van der Waals surface area contributed by atoms with E-state index in [0.29, 0.717) is 38.4 Å². The highest BCUT2D eigenvalue weighted by molar-refractivity contribution is 7.99. The van der Waals surface area contributed by atoms with Crippen molar-refractivity contribution in [3.05, 3.63) is 30.1 Å². The monoisotopic (exact) mass is 392 g/mol. The van der Waals surface area contributed by atoms with Crippen molar-refractivity contribution in [2.24, 2.45) is 0 Å². The number of amides is 4. The highest BCUT2D eigenvalue weighted by atomic mass is 32.2.